The minimum atomic E-state index is -0.334. The number of benzene rings is 1. The van der Waals surface area contributed by atoms with E-state index in [4.69, 9.17) is 19.2 Å². The third-order valence-corrected chi connectivity index (χ3v) is 6.05. The number of pyridine rings is 2. The number of likely N-dealkylation sites (N-methyl/N-ethyl adjacent to an activating group) is 1. The van der Waals surface area contributed by atoms with E-state index >= 15 is 0 Å². The molecule has 1 amide bonds. The van der Waals surface area contributed by atoms with Crippen molar-refractivity contribution < 1.29 is 23.8 Å². The molecule has 1 N–H and O–H groups in total. The van der Waals surface area contributed by atoms with Crippen LogP contribution in [-0.4, -0.2) is 56.3 Å². The first-order valence-electron chi connectivity index (χ1n) is 10.8. The van der Waals surface area contributed by atoms with E-state index in [1.165, 1.54) is 18.7 Å². The number of anilines is 2. The van der Waals surface area contributed by atoms with E-state index in [9.17, 15) is 9.59 Å². The maximum absolute atomic E-state index is 13.1. The maximum atomic E-state index is 13.1. The Labute approximate surface area is 208 Å². The molecule has 2 aromatic heterocycles. The van der Waals surface area contributed by atoms with Gasteiger partial charge in [-0.3, -0.25) is 14.6 Å². The molecule has 0 radical (unpaired) electrons. The number of thioether (sulfide) groups is 1. The summed E-state index contributed by atoms with van der Waals surface area (Å²) in [5, 5.41) is 3.45. The number of carbonyl (C=O) groups excluding carboxylic acids is 2. The Kier molecular flexibility index (Phi) is 9.31. The van der Waals surface area contributed by atoms with Crippen LogP contribution in [0.2, 0.25) is 0 Å². The number of rotatable bonds is 11. The van der Waals surface area contributed by atoms with E-state index in [1.54, 1.807) is 50.9 Å². The van der Waals surface area contributed by atoms with Crippen LogP contribution in [0.3, 0.4) is 0 Å². The van der Waals surface area contributed by atoms with Crippen LogP contribution in [0.15, 0.2) is 59.9 Å². The van der Waals surface area contributed by atoms with E-state index in [2.05, 4.69) is 10.3 Å². The largest absolute Gasteiger partial charge is 0.497 e. The molecule has 0 saturated heterocycles. The molecule has 3 rings (SSSR count). The van der Waals surface area contributed by atoms with Gasteiger partial charge in [0.2, 0.25) is 0 Å². The number of methoxy groups -OCH3 is 2. The molecule has 0 unspecified atom stereocenters. The molecule has 0 spiro atoms. The number of carbonyl (C=O) groups is 2. The van der Waals surface area contributed by atoms with Crippen LogP contribution in [0.1, 0.15) is 22.8 Å². The third-order valence-electron chi connectivity index (χ3n) is 5.01. The zero-order chi connectivity index (χ0) is 25.2. The highest BCUT2D eigenvalue weighted by molar-refractivity contribution is 7.98. The lowest BCUT2D eigenvalue weighted by atomic mass is 10.2. The fourth-order valence-electron chi connectivity index (χ4n) is 3.12. The molecule has 1 aromatic carbocycles. The molecule has 10 heteroatoms. The van der Waals surface area contributed by atoms with Crippen molar-refractivity contribution in [1.82, 2.24) is 9.97 Å². The van der Waals surface area contributed by atoms with E-state index in [0.717, 1.165) is 5.56 Å². The van der Waals surface area contributed by atoms with Crippen molar-refractivity contribution >= 4 is 35.1 Å². The van der Waals surface area contributed by atoms with Gasteiger partial charge in [-0.25, -0.2) is 4.98 Å². The Hall–Kier alpha value is -3.79. The number of aromatic nitrogens is 2. The molecule has 2 heterocycles. The number of esters is 1. The van der Waals surface area contributed by atoms with Crippen molar-refractivity contribution in [2.45, 2.75) is 17.7 Å². The summed E-state index contributed by atoms with van der Waals surface area (Å²) in [5.74, 6) is 1.95. The molecule has 184 valence electrons. The van der Waals surface area contributed by atoms with Crippen LogP contribution in [0.5, 0.6) is 11.5 Å². The van der Waals surface area contributed by atoms with Crippen LogP contribution in [-0.2, 0) is 15.3 Å². The lowest BCUT2D eigenvalue weighted by Crippen LogP contribution is -2.25. The fourth-order valence-corrected chi connectivity index (χ4v) is 4.12. The minimum Gasteiger partial charge on any atom is -0.497 e. The highest BCUT2D eigenvalue weighted by atomic mass is 32.2. The van der Waals surface area contributed by atoms with Gasteiger partial charge in [-0.05, 0) is 30.3 Å². The van der Waals surface area contributed by atoms with Crippen LogP contribution in [0.4, 0.5) is 11.5 Å². The first-order chi connectivity index (χ1) is 16.9. The number of nitrogens with zero attached hydrogens (tertiary/aromatic N) is 3. The first kappa shape index (κ1) is 25.8. The topological polar surface area (TPSA) is 103 Å². The lowest BCUT2D eigenvalue weighted by Gasteiger charge is -2.20. The van der Waals surface area contributed by atoms with Gasteiger partial charge >= 0.3 is 5.97 Å². The highest BCUT2D eigenvalue weighted by Crippen LogP contribution is 2.32. The summed E-state index contributed by atoms with van der Waals surface area (Å²) in [6, 6.07) is 12.6. The Morgan fingerprint density at radius 1 is 1.06 bits per heavy atom. The van der Waals surface area contributed by atoms with E-state index in [1.807, 2.05) is 30.1 Å². The Balaban J connectivity index is 1.85. The number of ether oxygens (including phenoxy) is 3. The van der Waals surface area contributed by atoms with Crippen LogP contribution in [0.25, 0.3) is 0 Å². The van der Waals surface area contributed by atoms with Crippen molar-refractivity contribution in [3.05, 3.63) is 66.0 Å². The summed E-state index contributed by atoms with van der Waals surface area (Å²) in [6.45, 7) is 2.07. The second-order valence-electron chi connectivity index (χ2n) is 7.44. The standard InChI is InChI=1S/C25H28N4O5S/c1-17(30)34-14-13-29(2)23-8-7-21(24(31)27-19-9-11-26-12-10-19)25(28-23)35-16-18-5-6-20(32-3)15-22(18)33-4/h5-12,15H,13-14,16H2,1-4H3,(H,26,27,31). The van der Waals surface area contributed by atoms with Crippen molar-refractivity contribution in [2.75, 3.05) is 44.6 Å². The fraction of sp³-hybridized carbons (Fsp3) is 0.280. The number of hydrogen-bond donors (Lipinski definition) is 1. The monoisotopic (exact) mass is 496 g/mol. The average molecular weight is 497 g/mol. The zero-order valence-electron chi connectivity index (χ0n) is 20.1. The van der Waals surface area contributed by atoms with E-state index in [0.29, 0.717) is 45.9 Å². The first-order valence-corrected chi connectivity index (χ1v) is 11.8. The molecule has 9 nitrogen and oxygen atoms in total. The molecule has 0 bridgehead atoms. The van der Waals surface area contributed by atoms with Crippen LogP contribution in [0, 0.1) is 0 Å². The van der Waals surface area contributed by atoms with Crippen molar-refractivity contribution in [3.8, 4) is 11.5 Å². The van der Waals surface area contributed by atoms with E-state index < -0.39 is 0 Å². The molecule has 0 aliphatic rings. The smallest absolute Gasteiger partial charge is 0.302 e. The van der Waals surface area contributed by atoms with E-state index in [-0.39, 0.29) is 18.5 Å². The van der Waals surface area contributed by atoms with Gasteiger partial charge in [-0.1, -0.05) is 6.07 Å². The van der Waals surface area contributed by atoms with Gasteiger partial charge in [0, 0.05) is 49.4 Å². The molecule has 0 aliphatic heterocycles. The third kappa shape index (κ3) is 7.35. The highest BCUT2D eigenvalue weighted by Gasteiger charge is 2.17. The molecule has 3 aromatic rings. The summed E-state index contributed by atoms with van der Waals surface area (Å²) in [5.41, 5.74) is 2.02. The normalized spacial score (nSPS) is 10.4. The van der Waals surface area contributed by atoms with Crippen LogP contribution >= 0.6 is 11.8 Å². The summed E-state index contributed by atoms with van der Waals surface area (Å²) >= 11 is 1.43. The minimum absolute atomic E-state index is 0.239. The Bertz CT molecular complexity index is 1160. The zero-order valence-corrected chi connectivity index (χ0v) is 20.9. The van der Waals surface area contributed by atoms with Gasteiger partial charge in [-0.15, -0.1) is 11.8 Å². The number of hydrogen-bond acceptors (Lipinski definition) is 9. The van der Waals surface area contributed by atoms with Crippen molar-refractivity contribution in [1.29, 1.82) is 0 Å². The summed E-state index contributed by atoms with van der Waals surface area (Å²) in [6.07, 6.45) is 3.22. The van der Waals surface area contributed by atoms with Gasteiger partial charge in [-0.2, -0.15) is 0 Å². The molecule has 0 atom stereocenters. The summed E-state index contributed by atoms with van der Waals surface area (Å²) < 4.78 is 15.8. The summed E-state index contributed by atoms with van der Waals surface area (Å²) in [4.78, 5) is 34.7. The number of amides is 1. The molecular weight excluding hydrogens is 468 g/mol. The molecule has 0 aliphatic carbocycles. The van der Waals surface area contributed by atoms with Gasteiger partial charge < -0.3 is 24.4 Å². The van der Waals surface area contributed by atoms with Crippen LogP contribution < -0.4 is 19.7 Å². The summed E-state index contributed by atoms with van der Waals surface area (Å²) in [7, 11) is 5.06. The van der Waals surface area contributed by atoms with Crippen molar-refractivity contribution in [2.24, 2.45) is 0 Å². The molecular formula is C25H28N4O5S. The SMILES string of the molecule is COc1ccc(CSc2nc(N(C)CCOC(C)=O)ccc2C(=O)Nc2ccncc2)c(OC)c1. The lowest BCUT2D eigenvalue weighted by molar-refractivity contribution is -0.140. The van der Waals surface area contributed by atoms with Gasteiger partial charge in [0.05, 0.1) is 26.3 Å². The molecule has 35 heavy (non-hydrogen) atoms. The predicted molar refractivity (Wildman–Crippen MR) is 135 cm³/mol. The van der Waals surface area contributed by atoms with Gasteiger partial charge in [0.15, 0.2) is 0 Å². The molecule has 0 saturated carbocycles. The number of nitrogens with one attached hydrogen (secondary N) is 1. The quantitative estimate of drug-likeness (QED) is 0.311. The van der Waals surface area contributed by atoms with Crippen molar-refractivity contribution in [3.63, 3.8) is 0 Å². The van der Waals surface area contributed by atoms with Gasteiger partial charge in [0.25, 0.3) is 5.91 Å². The van der Waals surface area contributed by atoms with Gasteiger partial charge in [0.1, 0.15) is 28.9 Å². The second-order valence-corrected chi connectivity index (χ2v) is 8.40. The Morgan fingerprint density at radius 2 is 1.83 bits per heavy atom. The average Bonchev–Trinajstić information content (AvgIpc) is 2.87. The predicted octanol–water partition coefficient (Wildman–Crippen LogP) is 4.04. The maximum Gasteiger partial charge on any atom is 0.302 e. The second kappa shape index (κ2) is 12.6. The Morgan fingerprint density at radius 3 is 2.51 bits per heavy atom. The molecule has 0 fully saturated rings.